The summed E-state index contributed by atoms with van der Waals surface area (Å²) in [5.41, 5.74) is 2.38. The number of hydrogen-bond donors (Lipinski definition) is 0. The number of benzene rings is 2. The monoisotopic (exact) mass is 315 g/mol. The number of methoxy groups -OCH3 is 1. The second-order valence-corrected chi connectivity index (χ2v) is 5.10. The van der Waals surface area contributed by atoms with E-state index in [1.54, 1.807) is 18.2 Å². The Morgan fingerprint density at radius 1 is 1.13 bits per heavy atom. The molecule has 0 unspecified atom stereocenters. The number of ether oxygens (including phenoxy) is 2. The normalized spacial score (nSPS) is 10.2. The molecule has 23 heavy (non-hydrogen) atoms. The van der Waals surface area contributed by atoms with Gasteiger partial charge in [0.25, 0.3) is 0 Å². The summed E-state index contributed by atoms with van der Waals surface area (Å²) in [7, 11) is 1.42. The molecular weight excluding hydrogens is 298 g/mol. The number of nitro benzene ring substituents is 1. The van der Waals surface area contributed by atoms with E-state index in [-0.39, 0.29) is 23.8 Å². The SMILES string of the molecule is COc1ccc(OCC(=O)c2ccc(C)c(C)c2)c([N+](=O)[O-])c1. The number of nitro groups is 1. The summed E-state index contributed by atoms with van der Waals surface area (Å²) >= 11 is 0. The van der Waals surface area contributed by atoms with Crippen molar-refractivity contribution in [3.63, 3.8) is 0 Å². The first-order valence-electron chi connectivity index (χ1n) is 6.98. The van der Waals surface area contributed by atoms with Crippen LogP contribution in [0.4, 0.5) is 5.69 Å². The Bertz CT molecular complexity index is 755. The summed E-state index contributed by atoms with van der Waals surface area (Å²) in [5.74, 6) is 0.149. The highest BCUT2D eigenvalue weighted by Gasteiger charge is 2.18. The van der Waals surface area contributed by atoms with E-state index in [1.807, 2.05) is 19.9 Å². The van der Waals surface area contributed by atoms with Crippen molar-refractivity contribution in [2.24, 2.45) is 0 Å². The fourth-order valence-electron chi connectivity index (χ4n) is 2.03. The number of carbonyl (C=O) groups excluding carboxylic acids is 1. The van der Waals surface area contributed by atoms with Crippen LogP contribution in [0.3, 0.4) is 0 Å². The van der Waals surface area contributed by atoms with E-state index in [1.165, 1.54) is 19.2 Å². The molecule has 0 heterocycles. The van der Waals surface area contributed by atoms with Crippen molar-refractivity contribution in [1.29, 1.82) is 0 Å². The van der Waals surface area contributed by atoms with Crippen LogP contribution in [0.2, 0.25) is 0 Å². The largest absolute Gasteiger partial charge is 0.496 e. The summed E-state index contributed by atoms with van der Waals surface area (Å²) < 4.78 is 10.3. The lowest BCUT2D eigenvalue weighted by molar-refractivity contribution is -0.385. The molecule has 2 aromatic rings. The van der Waals surface area contributed by atoms with Crippen LogP contribution in [-0.4, -0.2) is 24.4 Å². The Kier molecular flexibility index (Phi) is 4.95. The molecule has 2 aromatic carbocycles. The van der Waals surface area contributed by atoms with Gasteiger partial charge < -0.3 is 9.47 Å². The fourth-order valence-corrected chi connectivity index (χ4v) is 2.03. The fraction of sp³-hybridized carbons (Fsp3) is 0.235. The molecule has 0 N–H and O–H groups in total. The average Bonchev–Trinajstić information content (AvgIpc) is 2.54. The van der Waals surface area contributed by atoms with E-state index in [2.05, 4.69) is 0 Å². The third-order valence-corrected chi connectivity index (χ3v) is 3.55. The lowest BCUT2D eigenvalue weighted by Gasteiger charge is -2.08. The summed E-state index contributed by atoms with van der Waals surface area (Å²) in [6.07, 6.45) is 0. The van der Waals surface area contributed by atoms with E-state index < -0.39 is 4.92 Å². The van der Waals surface area contributed by atoms with Gasteiger partial charge in [-0.1, -0.05) is 12.1 Å². The van der Waals surface area contributed by atoms with Crippen molar-refractivity contribution in [3.8, 4) is 11.5 Å². The van der Waals surface area contributed by atoms with Gasteiger partial charge in [-0.2, -0.15) is 0 Å². The van der Waals surface area contributed by atoms with Crippen molar-refractivity contribution in [1.82, 2.24) is 0 Å². The molecule has 0 aliphatic rings. The van der Waals surface area contributed by atoms with E-state index in [9.17, 15) is 14.9 Å². The zero-order chi connectivity index (χ0) is 17.0. The molecule has 0 aromatic heterocycles. The van der Waals surface area contributed by atoms with Crippen LogP contribution in [0.1, 0.15) is 21.5 Å². The van der Waals surface area contributed by atoms with Crippen molar-refractivity contribution in [2.75, 3.05) is 13.7 Å². The number of nitrogens with zero attached hydrogens (tertiary/aromatic N) is 1. The molecular formula is C17H17NO5. The van der Waals surface area contributed by atoms with Crippen molar-refractivity contribution >= 4 is 11.5 Å². The summed E-state index contributed by atoms with van der Waals surface area (Å²) in [4.78, 5) is 22.7. The summed E-state index contributed by atoms with van der Waals surface area (Å²) in [5, 5.41) is 11.1. The highest BCUT2D eigenvalue weighted by molar-refractivity contribution is 5.97. The Hall–Kier alpha value is -2.89. The maximum atomic E-state index is 12.2. The molecule has 0 saturated carbocycles. The quantitative estimate of drug-likeness (QED) is 0.463. The first kappa shape index (κ1) is 16.5. The van der Waals surface area contributed by atoms with Crippen molar-refractivity contribution < 1.29 is 19.2 Å². The number of carbonyl (C=O) groups is 1. The summed E-state index contributed by atoms with van der Waals surface area (Å²) in [6, 6.07) is 9.58. The maximum absolute atomic E-state index is 12.2. The maximum Gasteiger partial charge on any atom is 0.314 e. The van der Waals surface area contributed by atoms with Gasteiger partial charge in [0.15, 0.2) is 18.1 Å². The van der Waals surface area contributed by atoms with Gasteiger partial charge in [-0.15, -0.1) is 0 Å². The van der Waals surface area contributed by atoms with E-state index in [0.29, 0.717) is 11.3 Å². The van der Waals surface area contributed by atoms with Crippen LogP contribution < -0.4 is 9.47 Å². The third-order valence-electron chi connectivity index (χ3n) is 3.55. The van der Waals surface area contributed by atoms with Gasteiger partial charge in [0.1, 0.15) is 5.75 Å². The minimum absolute atomic E-state index is 0.0352. The molecule has 0 amide bonds. The zero-order valence-electron chi connectivity index (χ0n) is 13.2. The van der Waals surface area contributed by atoms with Gasteiger partial charge >= 0.3 is 5.69 Å². The first-order valence-corrected chi connectivity index (χ1v) is 6.98. The molecule has 0 fully saturated rings. The standard InChI is InChI=1S/C17H17NO5/c1-11-4-5-13(8-12(11)2)16(19)10-23-17-7-6-14(22-3)9-15(17)18(20)21/h4-9H,10H2,1-3H3. The van der Waals surface area contributed by atoms with Gasteiger partial charge in [0.2, 0.25) is 0 Å². The van der Waals surface area contributed by atoms with Crippen molar-refractivity contribution in [3.05, 3.63) is 63.2 Å². The number of ketones is 1. The molecule has 0 saturated heterocycles. The first-order chi connectivity index (χ1) is 10.9. The Labute approximate surface area is 133 Å². The van der Waals surface area contributed by atoms with E-state index in [0.717, 1.165) is 11.1 Å². The molecule has 120 valence electrons. The van der Waals surface area contributed by atoms with Gasteiger partial charge in [-0.3, -0.25) is 14.9 Å². The smallest absolute Gasteiger partial charge is 0.314 e. The lowest BCUT2D eigenvalue weighted by atomic mass is 10.0. The van der Waals surface area contributed by atoms with Gasteiger partial charge in [-0.05, 0) is 43.2 Å². The summed E-state index contributed by atoms with van der Waals surface area (Å²) in [6.45, 7) is 3.61. The average molecular weight is 315 g/mol. The number of Topliss-reactive ketones (excluding diaryl/α,β-unsaturated/α-hetero) is 1. The molecule has 6 heteroatoms. The van der Waals surface area contributed by atoms with E-state index in [4.69, 9.17) is 9.47 Å². The molecule has 0 atom stereocenters. The molecule has 6 nitrogen and oxygen atoms in total. The number of aryl methyl sites for hydroxylation is 2. The van der Waals surface area contributed by atoms with Crippen LogP contribution in [0.15, 0.2) is 36.4 Å². The third kappa shape index (κ3) is 3.85. The molecule has 0 aliphatic carbocycles. The minimum atomic E-state index is -0.571. The molecule has 0 radical (unpaired) electrons. The van der Waals surface area contributed by atoms with Crippen LogP contribution in [0.25, 0.3) is 0 Å². The second kappa shape index (κ2) is 6.91. The molecule has 0 spiro atoms. The topological polar surface area (TPSA) is 78.7 Å². The van der Waals surface area contributed by atoms with Crippen LogP contribution in [-0.2, 0) is 0 Å². The number of rotatable bonds is 6. The highest BCUT2D eigenvalue weighted by atomic mass is 16.6. The van der Waals surface area contributed by atoms with Gasteiger partial charge in [0.05, 0.1) is 18.1 Å². The van der Waals surface area contributed by atoms with Crippen LogP contribution >= 0.6 is 0 Å². The number of hydrogen-bond acceptors (Lipinski definition) is 5. The molecule has 0 bridgehead atoms. The second-order valence-electron chi connectivity index (χ2n) is 5.10. The molecule has 2 rings (SSSR count). The minimum Gasteiger partial charge on any atom is -0.496 e. The lowest BCUT2D eigenvalue weighted by Crippen LogP contribution is -2.12. The zero-order valence-corrected chi connectivity index (χ0v) is 13.2. The Balaban J connectivity index is 2.15. The predicted molar refractivity (Wildman–Crippen MR) is 85.4 cm³/mol. The van der Waals surface area contributed by atoms with E-state index >= 15 is 0 Å². The predicted octanol–water partition coefficient (Wildman–Crippen LogP) is 3.48. The van der Waals surface area contributed by atoms with Crippen LogP contribution in [0.5, 0.6) is 11.5 Å². The Morgan fingerprint density at radius 2 is 1.87 bits per heavy atom. The Morgan fingerprint density at radius 3 is 2.48 bits per heavy atom. The van der Waals surface area contributed by atoms with Crippen LogP contribution in [0, 0.1) is 24.0 Å². The van der Waals surface area contributed by atoms with Gasteiger partial charge in [0, 0.05) is 5.56 Å². The highest BCUT2D eigenvalue weighted by Crippen LogP contribution is 2.31. The van der Waals surface area contributed by atoms with Crippen molar-refractivity contribution in [2.45, 2.75) is 13.8 Å². The molecule has 0 aliphatic heterocycles. The van der Waals surface area contributed by atoms with Gasteiger partial charge in [-0.25, -0.2) is 0 Å².